The minimum absolute atomic E-state index is 0.0291. The first kappa shape index (κ1) is 116. The van der Waals surface area contributed by atoms with Crippen LogP contribution in [0.3, 0.4) is 0 Å². The molecule has 6 atom stereocenters. The van der Waals surface area contributed by atoms with Crippen molar-refractivity contribution < 1.29 is 106 Å². The van der Waals surface area contributed by atoms with E-state index in [1.807, 2.05) is 141 Å². The molecule has 33 nitrogen and oxygen atoms in total. The van der Waals surface area contributed by atoms with E-state index in [1.165, 1.54) is 21.8 Å². The Morgan fingerprint density at radius 1 is 0.380 bits per heavy atom. The van der Waals surface area contributed by atoms with Crippen LogP contribution in [0.4, 0.5) is 0 Å². The Bertz CT molecular complexity index is 4570. The number of rotatable bonds is 45. The SMILES string of the molecule is CCCNC(=O)CCCCCCC1CCCN1C(=O)C(=O)C(C)(C)CC.CCCONC(=O)C1CCCN1C(=O)C(=O)c1ccc(C)cc1.CCNC(=O)CCCCCC1CCCN1C(=O)C(=O)C(C)(C)CC.CCONC(=O)C1CCCN1C(=O)C(=O)Cc1ccccc1.CONC(=O)C1CCCN1C(=O)C(=O)Cc1ccccc1.O=C(O)CCC1CCCN1C(=O)C(=O)Cc1ccccc1. The summed E-state index contributed by atoms with van der Waals surface area (Å²) in [7, 11) is 1.33. The molecule has 4 aromatic rings. The number of aliphatic carboxylic acids is 1. The number of Topliss-reactive ketones (excluding diaryl/α,β-unsaturated/α-hetero) is 6. The highest BCUT2D eigenvalue weighted by Gasteiger charge is 2.44. The summed E-state index contributed by atoms with van der Waals surface area (Å²) in [6.07, 6.45) is 23.1. The van der Waals surface area contributed by atoms with Crippen molar-refractivity contribution in [1.29, 1.82) is 0 Å². The number of carboxylic acid groups (broad SMARTS) is 1. The Kier molecular flexibility index (Phi) is 52.7. The first-order valence-electron chi connectivity index (χ1n) is 49.2. The number of nitrogens with zero attached hydrogens (tertiary/aromatic N) is 6. The fourth-order valence-corrected chi connectivity index (χ4v) is 16.7. The first-order chi connectivity index (χ1) is 65.5. The van der Waals surface area contributed by atoms with Crippen LogP contribution in [-0.4, -0.2) is 249 Å². The van der Waals surface area contributed by atoms with Crippen molar-refractivity contribution in [1.82, 2.24) is 56.5 Å². The zero-order valence-electron chi connectivity index (χ0n) is 82.8. The molecule has 0 radical (unpaired) electrons. The Balaban J connectivity index is 0.000000291. The van der Waals surface area contributed by atoms with Crippen LogP contribution in [-0.2, 0) is 115 Å². The maximum atomic E-state index is 12.6. The summed E-state index contributed by atoms with van der Waals surface area (Å²) >= 11 is 0. The molecule has 137 heavy (non-hydrogen) atoms. The summed E-state index contributed by atoms with van der Waals surface area (Å²) in [6, 6.07) is 32.5. The monoisotopic (exact) mass is 1910 g/mol. The van der Waals surface area contributed by atoms with Crippen molar-refractivity contribution >= 4 is 106 Å². The third-order valence-electron chi connectivity index (χ3n) is 25.4. The zero-order valence-corrected chi connectivity index (χ0v) is 82.8. The number of nitrogens with one attached hydrogen (secondary N) is 5. The van der Waals surface area contributed by atoms with Gasteiger partial charge in [-0.1, -0.05) is 208 Å². The summed E-state index contributed by atoms with van der Waals surface area (Å²) in [5.74, 6) is -7.17. The summed E-state index contributed by atoms with van der Waals surface area (Å²) < 4.78 is 0. The number of hydrogen-bond acceptors (Lipinski definition) is 21. The van der Waals surface area contributed by atoms with Crippen LogP contribution in [0.1, 0.15) is 288 Å². The van der Waals surface area contributed by atoms with E-state index in [1.54, 1.807) is 65.3 Å². The topological polar surface area (TPSA) is 435 Å². The number of amides is 11. The number of carboxylic acids is 1. The van der Waals surface area contributed by atoms with E-state index in [-0.39, 0.29) is 90.8 Å². The van der Waals surface area contributed by atoms with Gasteiger partial charge in [0.15, 0.2) is 0 Å². The zero-order chi connectivity index (χ0) is 101. The van der Waals surface area contributed by atoms with E-state index in [4.69, 9.17) is 14.8 Å². The van der Waals surface area contributed by atoms with Crippen LogP contribution in [0, 0.1) is 17.8 Å². The molecule has 6 aliphatic heterocycles. The third-order valence-corrected chi connectivity index (χ3v) is 25.4. The van der Waals surface area contributed by atoms with E-state index in [0.717, 1.165) is 138 Å². The number of ketones is 6. The number of hydroxylamine groups is 3. The molecular formula is C104H151N11O22. The second kappa shape index (κ2) is 62.3. The smallest absolute Gasteiger partial charge is 0.303 e. The highest BCUT2D eigenvalue weighted by molar-refractivity contribution is 6.43. The molecule has 6 heterocycles. The van der Waals surface area contributed by atoms with E-state index in [0.29, 0.717) is 135 Å². The Morgan fingerprint density at radius 2 is 0.730 bits per heavy atom. The molecule has 6 fully saturated rings. The highest BCUT2D eigenvalue weighted by atomic mass is 16.7. The third kappa shape index (κ3) is 39.4. The average Bonchev–Trinajstić information content (AvgIpc) is 1.76. The van der Waals surface area contributed by atoms with Crippen molar-refractivity contribution in [3.8, 4) is 0 Å². The van der Waals surface area contributed by atoms with Crippen molar-refractivity contribution in [3.63, 3.8) is 0 Å². The second-order valence-electron chi connectivity index (χ2n) is 36.6. The molecule has 6 aliphatic rings. The lowest BCUT2D eigenvalue weighted by atomic mass is 9.84. The molecule has 754 valence electrons. The molecule has 11 amide bonds. The molecule has 0 spiro atoms. The normalized spacial score (nSPS) is 17.5. The molecule has 33 heteroatoms. The van der Waals surface area contributed by atoms with Crippen LogP contribution in [0.2, 0.25) is 0 Å². The van der Waals surface area contributed by atoms with Gasteiger partial charge < -0.3 is 45.1 Å². The molecule has 4 aromatic carbocycles. The van der Waals surface area contributed by atoms with Gasteiger partial charge >= 0.3 is 5.97 Å². The molecule has 0 saturated carbocycles. The Hall–Kier alpha value is -11.6. The van der Waals surface area contributed by atoms with E-state index < -0.39 is 87.6 Å². The summed E-state index contributed by atoms with van der Waals surface area (Å²) in [4.78, 5) is 241. The van der Waals surface area contributed by atoms with Gasteiger partial charge in [0.05, 0.1) is 20.3 Å². The first-order valence-corrected chi connectivity index (χ1v) is 49.2. The number of unbranched alkanes of at least 4 members (excludes halogenated alkanes) is 5. The number of carbonyl (C=O) groups is 18. The van der Waals surface area contributed by atoms with Gasteiger partial charge in [-0.2, -0.15) is 0 Å². The average molecular weight is 1910 g/mol. The predicted molar refractivity (Wildman–Crippen MR) is 516 cm³/mol. The van der Waals surface area contributed by atoms with Crippen LogP contribution in [0.25, 0.3) is 0 Å². The van der Waals surface area contributed by atoms with Gasteiger partial charge in [-0.25, -0.2) is 16.4 Å². The van der Waals surface area contributed by atoms with Gasteiger partial charge in [-0.3, -0.25) is 101 Å². The molecule has 10 rings (SSSR count). The fourth-order valence-electron chi connectivity index (χ4n) is 16.7. The van der Waals surface area contributed by atoms with Crippen LogP contribution < -0.4 is 27.1 Å². The number of hydrogen-bond donors (Lipinski definition) is 6. The van der Waals surface area contributed by atoms with Crippen LogP contribution in [0.5, 0.6) is 0 Å². The lowest BCUT2D eigenvalue weighted by Gasteiger charge is -2.28. The van der Waals surface area contributed by atoms with Crippen molar-refractivity contribution in [2.75, 3.05) is 72.7 Å². The van der Waals surface area contributed by atoms with Gasteiger partial charge in [0.2, 0.25) is 46.5 Å². The lowest BCUT2D eigenvalue weighted by Crippen LogP contribution is -2.48. The van der Waals surface area contributed by atoms with Crippen LogP contribution in [0.15, 0.2) is 115 Å². The maximum Gasteiger partial charge on any atom is 0.303 e. The Morgan fingerprint density at radius 3 is 1.11 bits per heavy atom. The second-order valence-corrected chi connectivity index (χ2v) is 36.6. The molecule has 6 saturated heterocycles. The number of likely N-dealkylation sites (tertiary alicyclic amines) is 6. The number of aryl methyl sites for hydroxylation is 1. The molecule has 6 unspecified atom stereocenters. The van der Waals surface area contributed by atoms with Gasteiger partial charge in [-0.05, 0) is 172 Å². The largest absolute Gasteiger partial charge is 0.481 e. The van der Waals surface area contributed by atoms with E-state index in [9.17, 15) is 86.3 Å². The number of carbonyl (C=O) groups excluding carboxylic acids is 17. The quantitative estimate of drug-likeness (QED) is 0.0104. The van der Waals surface area contributed by atoms with Gasteiger partial charge in [0.25, 0.3) is 53.2 Å². The van der Waals surface area contributed by atoms with Crippen LogP contribution >= 0.6 is 0 Å². The number of benzene rings is 4. The van der Waals surface area contributed by atoms with Crippen molar-refractivity contribution in [2.24, 2.45) is 10.8 Å². The minimum atomic E-state index is -0.870. The van der Waals surface area contributed by atoms with Gasteiger partial charge in [0, 0.05) is 125 Å². The lowest BCUT2D eigenvalue weighted by molar-refractivity contribution is -0.149. The minimum Gasteiger partial charge on any atom is -0.481 e. The van der Waals surface area contributed by atoms with Gasteiger partial charge in [-0.15, -0.1) is 0 Å². The van der Waals surface area contributed by atoms with E-state index in [2.05, 4.69) is 31.9 Å². The van der Waals surface area contributed by atoms with E-state index >= 15 is 0 Å². The summed E-state index contributed by atoms with van der Waals surface area (Å²) in [5, 5.41) is 14.4. The summed E-state index contributed by atoms with van der Waals surface area (Å²) in [6.45, 7) is 26.3. The Labute approximate surface area is 808 Å². The predicted octanol–water partition coefficient (Wildman–Crippen LogP) is 11.5. The maximum absolute atomic E-state index is 12.6. The standard InChI is InChI=1S/C21H38N2O3.C19H34N2O3.C17H22N2O4.C16H20N2O4.C16H19NO4.C15H18N2O4/c1-5-15-22-18(24)14-10-8-7-9-12-17-13-11-16-23(17)20(26)19(25)21(3,4)6-2;1-5-19(3,4)17(23)18(24)21-14-10-12-15(21)11-8-7-9-13-16(22)20-6-2;1-3-11-23-18-16(21)14-5-4-10-19(14)17(22)15(20)13-8-6-12(2)7-9-13;1-2-22-17-15(20)13-9-6-10-18(13)16(21)14(19)11-12-7-4-3-5-8-12;18-14(11-12-5-2-1-3-6-12)16(21)17-10-4-7-13(17)8-9-15(19)20;1-21-16-14(19)12-8-5-9-17(12)15(20)13(18)10-11-6-3-2-4-7-11/h17H,5-16H2,1-4H3,(H,22,24);15H,5-14H2,1-4H3,(H,20,22);6-9,14H,3-5,10-11H2,1-2H3,(H,18,21);3-5,7-8,13H,2,6,9-11H2,1H3,(H,17,20);1-3,5-6,13H,4,7-11H2,(H,19,20);2-4,6-7,12H,5,8-10H2,1H3,(H,16,19). The molecule has 0 aliphatic carbocycles. The molecule has 6 N–H and O–H groups in total. The van der Waals surface area contributed by atoms with Gasteiger partial charge in [0.1, 0.15) is 18.1 Å². The highest BCUT2D eigenvalue weighted by Crippen LogP contribution is 2.32. The fraction of sp³-hybridized carbons (Fsp3) is 0.596. The molecular weight excluding hydrogens is 1760 g/mol. The van der Waals surface area contributed by atoms with Crippen molar-refractivity contribution in [2.45, 2.75) is 318 Å². The van der Waals surface area contributed by atoms with Crippen molar-refractivity contribution in [3.05, 3.63) is 143 Å². The molecule has 0 bridgehead atoms. The molecule has 0 aromatic heterocycles. The summed E-state index contributed by atoms with van der Waals surface area (Å²) in [5.41, 5.74) is 9.48.